The van der Waals surface area contributed by atoms with Crippen LogP contribution in [0.5, 0.6) is 0 Å². The highest BCUT2D eigenvalue weighted by Gasteiger charge is 2.28. The van der Waals surface area contributed by atoms with Crippen LogP contribution in [0.2, 0.25) is 0 Å². The molecule has 1 aliphatic carbocycles. The average molecular weight is 127 g/mol. The Morgan fingerprint density at radius 3 is 2.67 bits per heavy atom. The van der Waals surface area contributed by atoms with Crippen LogP contribution >= 0.6 is 0 Å². The van der Waals surface area contributed by atoms with Gasteiger partial charge in [0.2, 0.25) is 6.54 Å². The summed E-state index contributed by atoms with van der Waals surface area (Å²) >= 11 is 0. The number of rotatable bonds is 2. The van der Waals surface area contributed by atoms with E-state index in [1.165, 1.54) is 0 Å². The van der Waals surface area contributed by atoms with Crippen molar-refractivity contribution in [3.8, 4) is 0 Å². The van der Waals surface area contributed by atoms with Gasteiger partial charge in [0.05, 0.1) is 0 Å². The van der Waals surface area contributed by atoms with E-state index in [0.29, 0.717) is 0 Å². The fraction of sp³-hybridized carbons (Fsp3) is 0.857. The Morgan fingerprint density at radius 1 is 1.67 bits per heavy atom. The van der Waals surface area contributed by atoms with Crippen LogP contribution in [-0.2, 0) is 0 Å². The van der Waals surface area contributed by atoms with E-state index in [4.69, 9.17) is 6.57 Å². The summed E-state index contributed by atoms with van der Waals surface area (Å²) in [5.74, 6) is 0.221. The van der Waals surface area contributed by atoms with Gasteiger partial charge in [-0.15, -0.1) is 0 Å². The summed E-state index contributed by atoms with van der Waals surface area (Å²) < 4.78 is 12.6. The van der Waals surface area contributed by atoms with Crippen LogP contribution in [0, 0.1) is 12.5 Å². The number of alkyl halides is 1. The van der Waals surface area contributed by atoms with Gasteiger partial charge in [-0.3, -0.25) is 0 Å². The van der Waals surface area contributed by atoms with Crippen LogP contribution in [-0.4, -0.2) is 12.7 Å². The van der Waals surface area contributed by atoms with Gasteiger partial charge in [0.1, 0.15) is 0 Å². The number of hydrogen-bond donors (Lipinski definition) is 0. The molecule has 0 saturated heterocycles. The molecule has 1 rings (SSSR count). The number of hydrogen-bond acceptors (Lipinski definition) is 0. The smallest absolute Gasteiger partial charge is 0.245 e. The monoisotopic (exact) mass is 127 g/mol. The van der Waals surface area contributed by atoms with E-state index in [-0.39, 0.29) is 12.5 Å². The molecule has 0 aromatic heterocycles. The molecular formula is C7H10FN. The Hall–Kier alpha value is -0.580. The zero-order valence-electron chi connectivity index (χ0n) is 5.31. The quantitative estimate of drug-likeness (QED) is 0.500. The zero-order chi connectivity index (χ0) is 6.69. The second-order valence-electron chi connectivity index (χ2n) is 2.55. The van der Waals surface area contributed by atoms with Crippen molar-refractivity contribution in [2.75, 3.05) is 6.54 Å². The topological polar surface area (TPSA) is 4.36 Å². The lowest BCUT2D eigenvalue weighted by atomic mass is 9.82. The molecule has 0 aromatic carbocycles. The van der Waals surface area contributed by atoms with Gasteiger partial charge in [-0.1, -0.05) is 6.42 Å². The largest absolute Gasteiger partial charge is 0.314 e. The first-order chi connectivity index (χ1) is 4.34. The average Bonchev–Trinajstić information content (AvgIpc) is 1.60. The fourth-order valence-electron chi connectivity index (χ4n) is 1.04. The van der Waals surface area contributed by atoms with Crippen molar-refractivity contribution in [2.24, 2.45) is 5.92 Å². The first-order valence-corrected chi connectivity index (χ1v) is 3.32. The van der Waals surface area contributed by atoms with Gasteiger partial charge in [0.25, 0.3) is 0 Å². The first-order valence-electron chi connectivity index (χ1n) is 3.32. The van der Waals surface area contributed by atoms with Crippen molar-refractivity contribution in [1.82, 2.24) is 0 Å². The minimum atomic E-state index is -0.837. The standard InChI is InChI=1S/C7H10FN/c1-9-5-7(8)6-3-2-4-6/h6-7H,2-5H2. The van der Waals surface area contributed by atoms with E-state index < -0.39 is 6.17 Å². The lowest BCUT2D eigenvalue weighted by Gasteiger charge is -2.25. The van der Waals surface area contributed by atoms with Gasteiger partial charge in [-0.05, 0) is 18.8 Å². The molecule has 1 atom stereocenters. The van der Waals surface area contributed by atoms with Crippen LogP contribution in [0.1, 0.15) is 19.3 Å². The molecule has 9 heavy (non-hydrogen) atoms. The molecule has 1 fully saturated rings. The maximum atomic E-state index is 12.6. The van der Waals surface area contributed by atoms with E-state index in [9.17, 15) is 4.39 Å². The minimum absolute atomic E-state index is 0.0741. The highest BCUT2D eigenvalue weighted by Crippen LogP contribution is 2.31. The van der Waals surface area contributed by atoms with Crippen LogP contribution in [0.3, 0.4) is 0 Å². The Balaban J connectivity index is 2.17. The third-order valence-electron chi connectivity index (χ3n) is 1.93. The fourth-order valence-corrected chi connectivity index (χ4v) is 1.04. The van der Waals surface area contributed by atoms with Gasteiger partial charge >= 0.3 is 0 Å². The summed E-state index contributed by atoms with van der Waals surface area (Å²) in [5, 5.41) is 0. The molecule has 0 aromatic rings. The SMILES string of the molecule is [C-]#[N+]CC(F)C1CCC1. The molecule has 0 amide bonds. The number of nitrogens with zero attached hydrogens (tertiary/aromatic N) is 1. The van der Waals surface area contributed by atoms with Crippen molar-refractivity contribution in [2.45, 2.75) is 25.4 Å². The van der Waals surface area contributed by atoms with Crippen molar-refractivity contribution < 1.29 is 4.39 Å². The minimum Gasteiger partial charge on any atom is -0.314 e. The van der Waals surface area contributed by atoms with Crippen LogP contribution in [0.25, 0.3) is 4.85 Å². The third kappa shape index (κ3) is 1.41. The Labute approximate surface area is 54.7 Å². The molecule has 0 spiro atoms. The highest BCUT2D eigenvalue weighted by molar-refractivity contribution is 4.82. The predicted octanol–water partition coefficient (Wildman–Crippen LogP) is 2.04. The van der Waals surface area contributed by atoms with E-state index in [1.54, 1.807) is 0 Å². The molecule has 0 aliphatic heterocycles. The zero-order valence-corrected chi connectivity index (χ0v) is 5.31. The second kappa shape index (κ2) is 2.82. The van der Waals surface area contributed by atoms with Gasteiger partial charge < -0.3 is 4.85 Å². The summed E-state index contributed by atoms with van der Waals surface area (Å²) in [6, 6.07) is 0. The molecule has 0 bridgehead atoms. The van der Waals surface area contributed by atoms with Crippen molar-refractivity contribution in [3.63, 3.8) is 0 Å². The molecule has 50 valence electrons. The molecule has 1 saturated carbocycles. The number of halogens is 1. The third-order valence-corrected chi connectivity index (χ3v) is 1.93. The molecule has 0 N–H and O–H groups in total. The van der Waals surface area contributed by atoms with Gasteiger partial charge in [0.15, 0.2) is 6.17 Å². The van der Waals surface area contributed by atoms with Gasteiger partial charge in [-0.2, -0.15) is 0 Å². The molecule has 1 aliphatic rings. The van der Waals surface area contributed by atoms with E-state index in [2.05, 4.69) is 4.85 Å². The first kappa shape index (κ1) is 6.54. The lowest BCUT2D eigenvalue weighted by molar-refractivity contribution is 0.161. The lowest BCUT2D eigenvalue weighted by Crippen LogP contribution is -2.24. The highest BCUT2D eigenvalue weighted by atomic mass is 19.1. The van der Waals surface area contributed by atoms with Crippen molar-refractivity contribution in [3.05, 3.63) is 11.4 Å². The van der Waals surface area contributed by atoms with Crippen molar-refractivity contribution >= 4 is 0 Å². The van der Waals surface area contributed by atoms with Crippen LogP contribution < -0.4 is 0 Å². The maximum absolute atomic E-state index is 12.6. The molecule has 1 nitrogen and oxygen atoms in total. The maximum Gasteiger partial charge on any atom is 0.245 e. The Bertz CT molecular complexity index is 123. The second-order valence-corrected chi connectivity index (χ2v) is 2.55. The predicted molar refractivity (Wildman–Crippen MR) is 33.7 cm³/mol. The van der Waals surface area contributed by atoms with E-state index in [1.807, 2.05) is 0 Å². The molecule has 2 heteroatoms. The Kier molecular flexibility index (Phi) is 2.05. The van der Waals surface area contributed by atoms with Crippen molar-refractivity contribution in [1.29, 1.82) is 0 Å². The molecule has 0 heterocycles. The van der Waals surface area contributed by atoms with Gasteiger partial charge in [0, 0.05) is 0 Å². The van der Waals surface area contributed by atoms with E-state index in [0.717, 1.165) is 19.3 Å². The summed E-state index contributed by atoms with van der Waals surface area (Å²) in [5.41, 5.74) is 0. The van der Waals surface area contributed by atoms with Crippen LogP contribution in [0.15, 0.2) is 0 Å². The van der Waals surface area contributed by atoms with Crippen LogP contribution in [0.4, 0.5) is 4.39 Å². The summed E-state index contributed by atoms with van der Waals surface area (Å²) in [7, 11) is 0. The summed E-state index contributed by atoms with van der Waals surface area (Å²) in [4.78, 5) is 3.01. The summed E-state index contributed by atoms with van der Waals surface area (Å²) in [6.45, 7) is 6.48. The normalized spacial score (nSPS) is 22.2. The van der Waals surface area contributed by atoms with Gasteiger partial charge in [-0.25, -0.2) is 11.0 Å². The molecular weight excluding hydrogens is 117 g/mol. The van der Waals surface area contributed by atoms with E-state index >= 15 is 0 Å². The summed E-state index contributed by atoms with van der Waals surface area (Å²) in [6.07, 6.45) is 2.31. The molecule has 1 unspecified atom stereocenters. The Morgan fingerprint density at radius 2 is 2.33 bits per heavy atom. The molecule has 0 radical (unpaired) electrons.